The van der Waals surface area contributed by atoms with Crippen LogP contribution in [0.25, 0.3) is 0 Å². The van der Waals surface area contributed by atoms with E-state index in [-0.39, 0.29) is 0 Å². The van der Waals surface area contributed by atoms with Gasteiger partial charge in [-0.2, -0.15) is 0 Å². The van der Waals surface area contributed by atoms with E-state index in [9.17, 15) is 0 Å². The molecule has 118 valence electrons. The summed E-state index contributed by atoms with van der Waals surface area (Å²) in [5.74, 6) is 0.974. The van der Waals surface area contributed by atoms with Gasteiger partial charge in [0.05, 0.1) is 19.3 Å². The van der Waals surface area contributed by atoms with Gasteiger partial charge in [-0.1, -0.05) is 18.2 Å². The van der Waals surface area contributed by atoms with E-state index >= 15 is 0 Å². The number of nitrogens with one attached hydrogen (secondary N) is 1. The van der Waals surface area contributed by atoms with Gasteiger partial charge in [-0.05, 0) is 38.8 Å². The molecule has 1 fully saturated rings. The zero-order valence-corrected chi connectivity index (χ0v) is 13.0. The van der Waals surface area contributed by atoms with Crippen molar-refractivity contribution in [3.63, 3.8) is 0 Å². The lowest BCUT2D eigenvalue weighted by molar-refractivity contribution is 0.0166. The van der Waals surface area contributed by atoms with Gasteiger partial charge in [0.25, 0.3) is 0 Å². The third-order valence-corrected chi connectivity index (χ3v) is 3.56. The van der Waals surface area contributed by atoms with Crippen LogP contribution in [0.3, 0.4) is 0 Å². The summed E-state index contributed by atoms with van der Waals surface area (Å²) in [6.45, 7) is 6.93. The second-order valence-electron chi connectivity index (χ2n) is 5.28. The molecule has 4 heteroatoms. The lowest BCUT2D eigenvalue weighted by Gasteiger charge is -2.12. The molecule has 2 rings (SSSR count). The first kappa shape index (κ1) is 16.3. The van der Waals surface area contributed by atoms with Gasteiger partial charge in [-0.3, -0.25) is 0 Å². The second-order valence-corrected chi connectivity index (χ2v) is 5.28. The van der Waals surface area contributed by atoms with E-state index in [1.54, 1.807) is 0 Å². The van der Waals surface area contributed by atoms with Crippen molar-refractivity contribution in [1.82, 2.24) is 5.32 Å². The van der Waals surface area contributed by atoms with E-state index in [1.807, 2.05) is 25.1 Å². The maximum Gasteiger partial charge on any atom is 0.123 e. The molecular formula is C17H27NO3. The fraction of sp³-hybridized carbons (Fsp3) is 0.647. The summed E-state index contributed by atoms with van der Waals surface area (Å²) < 4.78 is 16.8. The molecule has 0 amide bonds. The van der Waals surface area contributed by atoms with Crippen LogP contribution in [0.2, 0.25) is 0 Å². The molecule has 1 aliphatic heterocycles. The smallest absolute Gasteiger partial charge is 0.123 e. The molecule has 4 nitrogen and oxygen atoms in total. The topological polar surface area (TPSA) is 39.7 Å². The van der Waals surface area contributed by atoms with Crippen molar-refractivity contribution in [2.45, 2.75) is 38.8 Å². The minimum atomic E-state index is 0.330. The van der Waals surface area contributed by atoms with E-state index in [1.165, 1.54) is 12.0 Å². The van der Waals surface area contributed by atoms with Gasteiger partial charge in [0.2, 0.25) is 0 Å². The van der Waals surface area contributed by atoms with Crippen LogP contribution in [0.4, 0.5) is 0 Å². The molecule has 1 aliphatic rings. The first-order chi connectivity index (χ1) is 10.4. The van der Waals surface area contributed by atoms with Crippen molar-refractivity contribution >= 4 is 0 Å². The minimum absolute atomic E-state index is 0.330. The van der Waals surface area contributed by atoms with Crippen molar-refractivity contribution in [3.8, 4) is 5.75 Å². The predicted molar refractivity (Wildman–Crippen MR) is 83.7 cm³/mol. The molecular weight excluding hydrogens is 266 g/mol. The Morgan fingerprint density at radius 1 is 1.33 bits per heavy atom. The Balaban J connectivity index is 1.53. The van der Waals surface area contributed by atoms with Crippen molar-refractivity contribution in [2.24, 2.45) is 0 Å². The zero-order chi connectivity index (χ0) is 14.8. The summed E-state index contributed by atoms with van der Waals surface area (Å²) in [7, 11) is 0. The number of ether oxygens (including phenoxy) is 3. The van der Waals surface area contributed by atoms with Crippen LogP contribution in [0, 0.1) is 0 Å². The molecule has 1 saturated heterocycles. The van der Waals surface area contributed by atoms with Crippen LogP contribution in [-0.4, -0.2) is 39.1 Å². The number of hydrogen-bond acceptors (Lipinski definition) is 4. The molecule has 1 atom stereocenters. The highest BCUT2D eigenvalue weighted by molar-refractivity contribution is 5.33. The first-order valence-electron chi connectivity index (χ1n) is 8.01. The SMILES string of the molecule is CCOc1ccccc1CNCCCOCC1CCCO1. The van der Waals surface area contributed by atoms with Crippen molar-refractivity contribution < 1.29 is 14.2 Å². The van der Waals surface area contributed by atoms with E-state index in [2.05, 4.69) is 11.4 Å². The van der Waals surface area contributed by atoms with Crippen LogP contribution in [-0.2, 0) is 16.0 Å². The van der Waals surface area contributed by atoms with Gasteiger partial charge in [0.1, 0.15) is 5.75 Å². The maximum atomic E-state index is 5.64. The molecule has 0 aromatic heterocycles. The third kappa shape index (κ3) is 6.04. The number of hydrogen-bond donors (Lipinski definition) is 1. The molecule has 1 aromatic carbocycles. The Kier molecular flexibility index (Phi) is 7.57. The number of benzene rings is 1. The Bertz CT molecular complexity index is 391. The standard InChI is InChI=1S/C17H27NO3/c1-2-20-17-9-4-3-7-15(17)13-18-10-6-11-19-14-16-8-5-12-21-16/h3-4,7,9,16,18H,2,5-6,8,10-14H2,1H3. The fourth-order valence-corrected chi connectivity index (χ4v) is 2.46. The van der Waals surface area contributed by atoms with Crippen LogP contribution in [0.5, 0.6) is 5.75 Å². The van der Waals surface area contributed by atoms with Crippen LogP contribution in [0.1, 0.15) is 31.7 Å². The summed E-state index contributed by atoms with van der Waals surface area (Å²) in [5.41, 5.74) is 1.21. The Hall–Kier alpha value is -1.10. The van der Waals surface area contributed by atoms with E-state index in [4.69, 9.17) is 14.2 Å². The number of para-hydroxylation sites is 1. The van der Waals surface area contributed by atoms with E-state index < -0.39 is 0 Å². The molecule has 1 aromatic rings. The molecule has 0 aliphatic carbocycles. The summed E-state index contributed by atoms with van der Waals surface area (Å²) in [5, 5.41) is 3.44. The van der Waals surface area contributed by atoms with Gasteiger partial charge < -0.3 is 19.5 Å². The molecule has 1 unspecified atom stereocenters. The van der Waals surface area contributed by atoms with Crippen molar-refractivity contribution in [2.75, 3.05) is 33.0 Å². The Morgan fingerprint density at radius 3 is 3.05 bits per heavy atom. The first-order valence-corrected chi connectivity index (χ1v) is 8.01. The van der Waals surface area contributed by atoms with E-state index in [0.717, 1.165) is 51.5 Å². The number of rotatable bonds is 10. The van der Waals surface area contributed by atoms with Gasteiger partial charge in [-0.25, -0.2) is 0 Å². The average Bonchev–Trinajstić information content (AvgIpc) is 3.01. The minimum Gasteiger partial charge on any atom is -0.494 e. The van der Waals surface area contributed by atoms with Crippen LogP contribution < -0.4 is 10.1 Å². The highest BCUT2D eigenvalue weighted by atomic mass is 16.5. The summed E-state index contributed by atoms with van der Waals surface area (Å²) in [6.07, 6.45) is 3.67. The van der Waals surface area contributed by atoms with Crippen LogP contribution in [0.15, 0.2) is 24.3 Å². The highest BCUT2D eigenvalue weighted by Crippen LogP contribution is 2.17. The molecule has 1 N–H and O–H groups in total. The van der Waals surface area contributed by atoms with Gasteiger partial charge in [-0.15, -0.1) is 0 Å². The van der Waals surface area contributed by atoms with Crippen molar-refractivity contribution in [3.05, 3.63) is 29.8 Å². The summed E-state index contributed by atoms with van der Waals surface area (Å²) >= 11 is 0. The summed E-state index contributed by atoms with van der Waals surface area (Å²) in [4.78, 5) is 0. The normalized spacial score (nSPS) is 18.0. The predicted octanol–water partition coefficient (Wildman–Crippen LogP) is 2.76. The lowest BCUT2D eigenvalue weighted by atomic mass is 10.2. The Morgan fingerprint density at radius 2 is 2.24 bits per heavy atom. The van der Waals surface area contributed by atoms with E-state index in [0.29, 0.717) is 12.7 Å². The monoisotopic (exact) mass is 293 g/mol. The third-order valence-electron chi connectivity index (χ3n) is 3.56. The lowest BCUT2D eigenvalue weighted by Crippen LogP contribution is -2.19. The second kappa shape index (κ2) is 9.77. The Labute approximate surface area is 127 Å². The van der Waals surface area contributed by atoms with Crippen molar-refractivity contribution in [1.29, 1.82) is 0 Å². The summed E-state index contributed by atoms with van der Waals surface area (Å²) in [6, 6.07) is 8.18. The van der Waals surface area contributed by atoms with Gasteiger partial charge in [0.15, 0.2) is 0 Å². The zero-order valence-electron chi connectivity index (χ0n) is 13.0. The fourth-order valence-electron chi connectivity index (χ4n) is 2.46. The van der Waals surface area contributed by atoms with Gasteiger partial charge >= 0.3 is 0 Å². The average molecular weight is 293 g/mol. The quantitative estimate of drug-likeness (QED) is 0.673. The highest BCUT2D eigenvalue weighted by Gasteiger charge is 2.14. The molecule has 0 bridgehead atoms. The maximum absolute atomic E-state index is 5.64. The van der Waals surface area contributed by atoms with Crippen LogP contribution >= 0.6 is 0 Å². The molecule has 1 heterocycles. The van der Waals surface area contributed by atoms with Gasteiger partial charge in [0, 0.05) is 25.3 Å². The molecule has 21 heavy (non-hydrogen) atoms. The largest absolute Gasteiger partial charge is 0.494 e. The molecule has 0 spiro atoms. The molecule has 0 saturated carbocycles. The molecule has 0 radical (unpaired) electrons.